The van der Waals surface area contributed by atoms with Crippen molar-refractivity contribution >= 4 is 17.5 Å². The highest BCUT2D eigenvalue weighted by Gasteiger charge is 2.36. The van der Waals surface area contributed by atoms with Gasteiger partial charge in [0, 0.05) is 5.75 Å². The predicted molar refractivity (Wildman–Crippen MR) is 38.9 cm³/mol. The summed E-state index contributed by atoms with van der Waals surface area (Å²) in [4.78, 5) is 10.7. The molecule has 2 N–H and O–H groups in total. The monoisotopic (exact) mass is 162 g/mol. The number of thioether (sulfide) groups is 1. The van der Waals surface area contributed by atoms with E-state index in [0.29, 0.717) is 5.75 Å². The number of hydrogen-bond acceptors (Lipinski definition) is 4. The van der Waals surface area contributed by atoms with Crippen molar-refractivity contribution in [1.29, 1.82) is 0 Å². The molecule has 10 heavy (non-hydrogen) atoms. The van der Waals surface area contributed by atoms with Crippen LogP contribution in [-0.4, -0.2) is 39.2 Å². The largest absolute Gasteiger partial charge is 0.390 e. The number of rotatable bonds is 1. The fourth-order valence-electron chi connectivity index (χ4n) is 0.959. The smallest absolute Gasteiger partial charge is 0.145 e. The van der Waals surface area contributed by atoms with Gasteiger partial charge in [-0.15, -0.1) is 11.8 Å². The molecule has 0 bridgehead atoms. The first-order chi connectivity index (χ1) is 4.63. The van der Waals surface area contributed by atoms with Gasteiger partial charge in [0.25, 0.3) is 0 Å². The maximum absolute atomic E-state index is 10.7. The van der Waals surface area contributed by atoms with Gasteiger partial charge in [0.05, 0.1) is 17.5 Å². The molecule has 1 heterocycles. The summed E-state index contributed by atoms with van der Waals surface area (Å²) in [5, 5.41) is 17.7. The maximum atomic E-state index is 10.7. The molecule has 1 rings (SSSR count). The Bertz CT molecular complexity index is 148. The zero-order valence-electron chi connectivity index (χ0n) is 5.65. The summed E-state index contributed by atoms with van der Waals surface area (Å²) in [5.41, 5.74) is 0. The van der Waals surface area contributed by atoms with E-state index in [9.17, 15) is 4.79 Å². The molecule has 0 aromatic carbocycles. The summed E-state index contributed by atoms with van der Waals surface area (Å²) in [6.07, 6.45) is -1.58. The van der Waals surface area contributed by atoms with E-state index in [-0.39, 0.29) is 5.78 Å². The third-order valence-electron chi connectivity index (χ3n) is 1.55. The van der Waals surface area contributed by atoms with E-state index in [1.165, 1.54) is 18.7 Å². The second-order valence-electron chi connectivity index (χ2n) is 2.42. The van der Waals surface area contributed by atoms with Crippen molar-refractivity contribution in [2.45, 2.75) is 24.4 Å². The van der Waals surface area contributed by atoms with Crippen LogP contribution in [0.1, 0.15) is 6.92 Å². The molecule has 0 saturated carbocycles. The molecule has 3 nitrogen and oxygen atoms in total. The summed E-state index contributed by atoms with van der Waals surface area (Å²) >= 11 is 1.32. The van der Waals surface area contributed by atoms with Gasteiger partial charge in [0.2, 0.25) is 0 Å². The lowest BCUT2D eigenvalue weighted by molar-refractivity contribution is -0.119. The van der Waals surface area contributed by atoms with Crippen molar-refractivity contribution < 1.29 is 15.0 Å². The molecule has 0 aliphatic carbocycles. The number of aliphatic hydroxyl groups excluding tert-OH is 2. The van der Waals surface area contributed by atoms with Crippen LogP contribution in [0, 0.1) is 0 Å². The van der Waals surface area contributed by atoms with Gasteiger partial charge in [0.1, 0.15) is 5.78 Å². The van der Waals surface area contributed by atoms with Crippen LogP contribution in [-0.2, 0) is 4.79 Å². The topological polar surface area (TPSA) is 57.5 Å². The van der Waals surface area contributed by atoms with E-state index < -0.39 is 17.5 Å². The number of carbonyl (C=O) groups excluding carboxylic acids is 1. The van der Waals surface area contributed by atoms with Gasteiger partial charge in [-0.3, -0.25) is 4.79 Å². The van der Waals surface area contributed by atoms with Gasteiger partial charge < -0.3 is 10.2 Å². The third-order valence-corrected chi connectivity index (χ3v) is 3.06. The molecule has 0 spiro atoms. The Kier molecular flexibility index (Phi) is 2.33. The number of Topliss-reactive ketones (excluding diaryl/α,β-unsaturated/α-hetero) is 1. The Balaban J connectivity index is 2.57. The fourth-order valence-corrected chi connectivity index (χ4v) is 2.17. The second kappa shape index (κ2) is 2.90. The predicted octanol–water partition coefficient (Wildman–Crippen LogP) is -0.587. The number of aliphatic hydroxyl groups is 2. The van der Waals surface area contributed by atoms with Crippen molar-refractivity contribution in [1.82, 2.24) is 0 Å². The van der Waals surface area contributed by atoms with Gasteiger partial charge in [-0.2, -0.15) is 0 Å². The summed E-state index contributed by atoms with van der Waals surface area (Å²) in [6, 6.07) is 0. The molecule has 0 aromatic rings. The van der Waals surface area contributed by atoms with Crippen LogP contribution in [0.25, 0.3) is 0 Å². The van der Waals surface area contributed by atoms with Crippen LogP contribution >= 0.6 is 11.8 Å². The van der Waals surface area contributed by atoms with E-state index in [1.54, 1.807) is 0 Å². The number of ketones is 1. The minimum atomic E-state index is -0.859. The molecule has 0 aromatic heterocycles. The van der Waals surface area contributed by atoms with Crippen LogP contribution < -0.4 is 0 Å². The van der Waals surface area contributed by atoms with E-state index in [0.717, 1.165) is 0 Å². The summed E-state index contributed by atoms with van der Waals surface area (Å²) in [5.74, 6) is 0.403. The molecule has 0 unspecified atom stereocenters. The highest BCUT2D eigenvalue weighted by molar-refractivity contribution is 8.01. The van der Waals surface area contributed by atoms with Crippen LogP contribution in [0.3, 0.4) is 0 Å². The van der Waals surface area contributed by atoms with Gasteiger partial charge >= 0.3 is 0 Å². The normalized spacial score (nSPS) is 40.1. The van der Waals surface area contributed by atoms with Gasteiger partial charge in [-0.05, 0) is 6.92 Å². The molecule has 0 radical (unpaired) electrons. The summed E-state index contributed by atoms with van der Waals surface area (Å²) < 4.78 is 0. The van der Waals surface area contributed by atoms with Crippen LogP contribution in [0.2, 0.25) is 0 Å². The van der Waals surface area contributed by atoms with Crippen molar-refractivity contribution in [2.24, 2.45) is 0 Å². The summed E-state index contributed by atoms with van der Waals surface area (Å²) in [6.45, 7) is 1.43. The van der Waals surface area contributed by atoms with Gasteiger partial charge in [0.15, 0.2) is 0 Å². The third kappa shape index (κ3) is 1.33. The second-order valence-corrected chi connectivity index (χ2v) is 3.60. The molecule has 1 aliphatic rings. The lowest BCUT2D eigenvalue weighted by Gasteiger charge is -2.10. The minimum Gasteiger partial charge on any atom is -0.390 e. The molecule has 58 valence electrons. The van der Waals surface area contributed by atoms with Crippen molar-refractivity contribution in [2.75, 3.05) is 5.75 Å². The lowest BCUT2D eigenvalue weighted by atomic mass is 10.1. The first-order valence-electron chi connectivity index (χ1n) is 3.11. The summed E-state index contributed by atoms with van der Waals surface area (Å²) in [7, 11) is 0. The molecule has 4 heteroatoms. The van der Waals surface area contributed by atoms with Crippen LogP contribution in [0.4, 0.5) is 0 Å². The molecule has 0 amide bonds. The Morgan fingerprint density at radius 3 is 2.40 bits per heavy atom. The highest BCUT2D eigenvalue weighted by Crippen LogP contribution is 2.27. The fraction of sp³-hybridized carbons (Fsp3) is 0.833. The minimum absolute atomic E-state index is 0.0611. The van der Waals surface area contributed by atoms with Gasteiger partial charge in [-0.1, -0.05) is 0 Å². The van der Waals surface area contributed by atoms with Gasteiger partial charge in [-0.25, -0.2) is 0 Å². The Labute approximate surface area is 63.4 Å². The molecule has 1 saturated heterocycles. The Hall–Kier alpha value is -0.0600. The SMILES string of the molecule is CC(=O)[C@H]1SC[C@@H](O)[C@H]1O. The Morgan fingerprint density at radius 1 is 1.60 bits per heavy atom. The first-order valence-corrected chi connectivity index (χ1v) is 4.16. The average molecular weight is 162 g/mol. The average Bonchev–Trinajstić information content (AvgIpc) is 2.14. The van der Waals surface area contributed by atoms with Crippen molar-refractivity contribution in [3.05, 3.63) is 0 Å². The van der Waals surface area contributed by atoms with E-state index in [2.05, 4.69) is 0 Å². The molecule has 3 atom stereocenters. The van der Waals surface area contributed by atoms with Crippen LogP contribution in [0.15, 0.2) is 0 Å². The van der Waals surface area contributed by atoms with Crippen molar-refractivity contribution in [3.63, 3.8) is 0 Å². The Morgan fingerprint density at radius 2 is 2.20 bits per heavy atom. The zero-order chi connectivity index (χ0) is 7.72. The van der Waals surface area contributed by atoms with E-state index in [4.69, 9.17) is 10.2 Å². The maximum Gasteiger partial charge on any atom is 0.145 e. The first kappa shape index (κ1) is 8.04. The quantitative estimate of drug-likeness (QED) is 0.541. The standard InChI is InChI=1S/C6H10O3S/c1-3(7)6-5(9)4(8)2-10-6/h4-6,8-9H,2H2,1H3/t4-,5-,6-/m1/s1. The van der Waals surface area contributed by atoms with Crippen LogP contribution in [0.5, 0.6) is 0 Å². The zero-order valence-corrected chi connectivity index (χ0v) is 6.47. The molecular formula is C6H10O3S. The number of carbonyl (C=O) groups is 1. The molecule has 1 fully saturated rings. The highest BCUT2D eigenvalue weighted by atomic mass is 32.2. The molecular weight excluding hydrogens is 152 g/mol. The van der Waals surface area contributed by atoms with E-state index >= 15 is 0 Å². The number of hydrogen-bond donors (Lipinski definition) is 2. The van der Waals surface area contributed by atoms with E-state index in [1.807, 2.05) is 0 Å². The van der Waals surface area contributed by atoms with Crippen molar-refractivity contribution in [3.8, 4) is 0 Å². The molecule has 1 aliphatic heterocycles. The lowest BCUT2D eigenvalue weighted by Crippen LogP contribution is -2.32.